The van der Waals surface area contributed by atoms with Gasteiger partial charge in [0.2, 0.25) is 0 Å². The maximum Gasteiger partial charge on any atom is 0.156 e. The minimum absolute atomic E-state index is 0.249. The van der Waals surface area contributed by atoms with E-state index in [4.69, 9.17) is 10.5 Å². The first-order valence-electron chi connectivity index (χ1n) is 11.0. The van der Waals surface area contributed by atoms with E-state index in [9.17, 15) is 13.2 Å². The zero-order chi connectivity index (χ0) is 23.7. The van der Waals surface area contributed by atoms with Crippen LogP contribution in [-0.4, -0.2) is 34.4 Å². The zero-order valence-corrected chi connectivity index (χ0v) is 18.3. The van der Waals surface area contributed by atoms with E-state index < -0.39 is 17.9 Å². The van der Waals surface area contributed by atoms with Gasteiger partial charge in [-0.15, -0.1) is 0 Å². The highest BCUT2D eigenvalue weighted by atomic mass is 19.1. The van der Waals surface area contributed by atoms with Crippen LogP contribution >= 0.6 is 0 Å². The van der Waals surface area contributed by atoms with Gasteiger partial charge < -0.3 is 10.5 Å². The molecule has 0 spiro atoms. The number of hydrogen-bond acceptors (Lipinski definition) is 4. The molecular formula is C26H23F3N4O. The van der Waals surface area contributed by atoms with Crippen LogP contribution in [0.2, 0.25) is 0 Å². The van der Waals surface area contributed by atoms with Crippen molar-refractivity contribution >= 4 is 5.69 Å². The summed E-state index contributed by atoms with van der Waals surface area (Å²) < 4.78 is 48.8. The first-order chi connectivity index (χ1) is 16.5. The van der Waals surface area contributed by atoms with Crippen LogP contribution in [0.4, 0.5) is 18.9 Å². The fourth-order valence-corrected chi connectivity index (χ4v) is 4.17. The van der Waals surface area contributed by atoms with E-state index in [0.717, 1.165) is 35.8 Å². The summed E-state index contributed by atoms with van der Waals surface area (Å²) in [6.07, 6.45) is 2.03. The lowest BCUT2D eigenvalue weighted by atomic mass is 10.1. The van der Waals surface area contributed by atoms with Crippen molar-refractivity contribution in [2.24, 2.45) is 0 Å². The van der Waals surface area contributed by atoms with E-state index in [0.29, 0.717) is 24.4 Å². The predicted octanol–water partition coefficient (Wildman–Crippen LogP) is 5.11. The highest BCUT2D eigenvalue weighted by molar-refractivity contribution is 5.66. The molecule has 0 aliphatic carbocycles. The molecule has 34 heavy (non-hydrogen) atoms. The van der Waals surface area contributed by atoms with Crippen molar-refractivity contribution in [3.05, 3.63) is 102 Å². The number of nitrogens with two attached hydrogens (primary N) is 1. The predicted molar refractivity (Wildman–Crippen MR) is 124 cm³/mol. The highest BCUT2D eigenvalue weighted by Gasteiger charge is 2.31. The number of halogens is 3. The van der Waals surface area contributed by atoms with Crippen molar-refractivity contribution in [3.8, 4) is 16.8 Å². The molecule has 1 atom stereocenters. The third-order valence-electron chi connectivity index (χ3n) is 5.90. The van der Waals surface area contributed by atoms with Gasteiger partial charge >= 0.3 is 0 Å². The molecule has 3 aromatic carbocycles. The van der Waals surface area contributed by atoms with Gasteiger partial charge in [-0.05, 0) is 53.9 Å². The molecule has 1 aliphatic heterocycles. The average Bonchev–Trinajstić information content (AvgIpc) is 3.45. The molecule has 1 saturated heterocycles. The molecule has 1 aliphatic rings. The van der Waals surface area contributed by atoms with Crippen LogP contribution in [0.5, 0.6) is 0 Å². The topological polar surface area (TPSA) is 56.3 Å². The number of rotatable bonds is 6. The van der Waals surface area contributed by atoms with Crippen molar-refractivity contribution in [1.29, 1.82) is 0 Å². The molecule has 0 radical (unpaired) electrons. The summed E-state index contributed by atoms with van der Waals surface area (Å²) in [6, 6.07) is 17.0. The minimum atomic E-state index is -0.697. The normalized spacial score (nSPS) is 16.3. The average molecular weight is 464 g/mol. The Kier molecular flexibility index (Phi) is 6.08. The Morgan fingerprint density at radius 2 is 1.62 bits per heavy atom. The van der Waals surface area contributed by atoms with Gasteiger partial charge in [-0.25, -0.2) is 17.9 Å². The van der Waals surface area contributed by atoms with E-state index in [1.54, 1.807) is 18.3 Å². The van der Waals surface area contributed by atoms with Crippen molar-refractivity contribution in [3.63, 3.8) is 0 Å². The van der Waals surface area contributed by atoms with Crippen LogP contribution in [0.3, 0.4) is 0 Å². The van der Waals surface area contributed by atoms with Crippen molar-refractivity contribution in [2.75, 3.05) is 25.4 Å². The Morgan fingerprint density at radius 1 is 0.912 bits per heavy atom. The van der Waals surface area contributed by atoms with Crippen LogP contribution < -0.4 is 5.73 Å². The summed E-state index contributed by atoms with van der Waals surface area (Å²) in [4.78, 5) is 2.17. The van der Waals surface area contributed by atoms with Gasteiger partial charge in [0.1, 0.15) is 23.1 Å². The molecule has 5 rings (SSSR count). The van der Waals surface area contributed by atoms with Crippen LogP contribution in [0, 0.1) is 17.5 Å². The highest BCUT2D eigenvalue weighted by Crippen LogP contribution is 2.35. The number of nitrogen functional groups attached to an aromatic ring is 1. The zero-order valence-electron chi connectivity index (χ0n) is 18.3. The molecule has 0 saturated carbocycles. The number of benzene rings is 3. The molecule has 1 fully saturated rings. The molecule has 4 aromatic rings. The second-order valence-electron chi connectivity index (χ2n) is 8.26. The number of aromatic nitrogens is 2. The Labute approximate surface area is 195 Å². The molecule has 8 heteroatoms. The Balaban J connectivity index is 1.49. The number of ether oxygens (including phenoxy) is 1. The van der Waals surface area contributed by atoms with E-state index in [2.05, 4.69) is 10.00 Å². The van der Waals surface area contributed by atoms with Gasteiger partial charge in [-0.1, -0.05) is 24.3 Å². The van der Waals surface area contributed by atoms with E-state index in [1.807, 2.05) is 24.3 Å². The van der Waals surface area contributed by atoms with Crippen LogP contribution in [0.1, 0.15) is 17.5 Å². The molecule has 0 bridgehead atoms. The number of nitrogens with zero attached hydrogens (tertiary/aromatic N) is 3. The first-order valence-corrected chi connectivity index (χ1v) is 11.0. The fourth-order valence-electron chi connectivity index (χ4n) is 4.17. The summed E-state index contributed by atoms with van der Waals surface area (Å²) in [5, 5.41) is 4.67. The van der Waals surface area contributed by atoms with Gasteiger partial charge in [-0.3, -0.25) is 4.90 Å². The number of anilines is 1. The summed E-state index contributed by atoms with van der Waals surface area (Å²) in [6.45, 7) is 1.96. The molecule has 2 N–H and O–H groups in total. The van der Waals surface area contributed by atoms with Gasteiger partial charge in [0.15, 0.2) is 6.23 Å². The van der Waals surface area contributed by atoms with Crippen LogP contribution in [0.15, 0.2) is 72.9 Å². The second kappa shape index (κ2) is 9.32. The van der Waals surface area contributed by atoms with E-state index >= 15 is 0 Å². The van der Waals surface area contributed by atoms with Gasteiger partial charge in [0.25, 0.3) is 0 Å². The molecule has 5 nitrogen and oxygen atoms in total. The molecule has 1 aromatic heterocycles. The monoisotopic (exact) mass is 464 g/mol. The SMILES string of the molecule is Nc1ccc(CCN2CCOC2c2nn(-c3cc(F)cc(F)c3)cc2-c2ccc(F)cc2)cc1. The van der Waals surface area contributed by atoms with Gasteiger partial charge in [-0.2, -0.15) is 5.10 Å². The van der Waals surface area contributed by atoms with Gasteiger partial charge in [0, 0.05) is 36.6 Å². The molecule has 174 valence electrons. The minimum Gasteiger partial charge on any atom is -0.399 e. The Hall–Kier alpha value is -3.62. The standard InChI is InChI=1S/C26H23F3N4O/c27-19-5-3-18(4-6-19)24-16-33(23-14-20(28)13-21(29)15-23)31-25(24)26-32(11-12-34-26)10-9-17-1-7-22(30)8-2-17/h1-8,13-16,26H,9-12,30H2. The smallest absolute Gasteiger partial charge is 0.156 e. The Morgan fingerprint density at radius 3 is 2.32 bits per heavy atom. The molecular weight excluding hydrogens is 441 g/mol. The van der Waals surface area contributed by atoms with Crippen molar-refractivity contribution in [1.82, 2.24) is 14.7 Å². The molecule has 1 unspecified atom stereocenters. The van der Waals surface area contributed by atoms with Crippen LogP contribution in [-0.2, 0) is 11.2 Å². The lowest BCUT2D eigenvalue weighted by Crippen LogP contribution is -2.27. The fraction of sp³-hybridized carbons (Fsp3) is 0.192. The van der Waals surface area contributed by atoms with Crippen molar-refractivity contribution < 1.29 is 17.9 Å². The maximum absolute atomic E-state index is 13.9. The Bertz CT molecular complexity index is 1270. The summed E-state index contributed by atoms with van der Waals surface area (Å²) in [5.41, 5.74) is 9.94. The van der Waals surface area contributed by atoms with Crippen LogP contribution in [0.25, 0.3) is 16.8 Å². The van der Waals surface area contributed by atoms with E-state index in [1.165, 1.54) is 28.9 Å². The summed E-state index contributed by atoms with van der Waals surface area (Å²) >= 11 is 0. The summed E-state index contributed by atoms with van der Waals surface area (Å²) in [7, 11) is 0. The van der Waals surface area contributed by atoms with Crippen molar-refractivity contribution in [2.45, 2.75) is 12.6 Å². The lowest BCUT2D eigenvalue weighted by molar-refractivity contribution is 0.0299. The lowest BCUT2D eigenvalue weighted by Gasteiger charge is -2.22. The quantitative estimate of drug-likeness (QED) is 0.403. The second-order valence-corrected chi connectivity index (χ2v) is 8.26. The maximum atomic E-state index is 13.9. The summed E-state index contributed by atoms with van der Waals surface area (Å²) in [5.74, 6) is -1.75. The largest absolute Gasteiger partial charge is 0.399 e. The third-order valence-corrected chi connectivity index (χ3v) is 5.90. The number of hydrogen-bond donors (Lipinski definition) is 1. The molecule has 0 amide bonds. The first kappa shape index (κ1) is 22.2. The molecule has 2 heterocycles. The van der Waals surface area contributed by atoms with E-state index in [-0.39, 0.29) is 11.5 Å². The third kappa shape index (κ3) is 4.69. The van der Waals surface area contributed by atoms with Gasteiger partial charge in [0.05, 0.1) is 12.3 Å².